The number of terminal acetylenes is 1. The van der Waals surface area contributed by atoms with E-state index in [0.29, 0.717) is 6.04 Å². The number of hydrogen-bond donors (Lipinski definition) is 1. The lowest BCUT2D eigenvalue weighted by molar-refractivity contribution is 0.331. The molecule has 0 aliphatic heterocycles. The fraction of sp³-hybridized carbons (Fsp3) is 0.833. The predicted octanol–water partition coefficient (Wildman–Crippen LogP) is 2.57. The van der Waals surface area contributed by atoms with Crippen molar-refractivity contribution in [1.29, 1.82) is 0 Å². The minimum absolute atomic E-state index is 0.136. The summed E-state index contributed by atoms with van der Waals surface area (Å²) in [6.45, 7) is 6.43. The fourth-order valence-electron chi connectivity index (χ4n) is 2.22. The van der Waals surface area contributed by atoms with Crippen molar-refractivity contribution in [3.05, 3.63) is 0 Å². The summed E-state index contributed by atoms with van der Waals surface area (Å²) in [5.41, 5.74) is -0.136. The number of nitrogens with one attached hydrogen (secondary N) is 1. The quantitative estimate of drug-likeness (QED) is 0.657. The molecule has 1 nitrogen and oxygen atoms in total. The third-order valence-corrected chi connectivity index (χ3v) is 3.09. The van der Waals surface area contributed by atoms with Gasteiger partial charge in [0, 0.05) is 6.04 Å². The van der Waals surface area contributed by atoms with Crippen molar-refractivity contribution >= 4 is 0 Å². The van der Waals surface area contributed by atoms with Gasteiger partial charge in [-0.05, 0) is 32.6 Å². The van der Waals surface area contributed by atoms with Gasteiger partial charge in [-0.2, -0.15) is 0 Å². The van der Waals surface area contributed by atoms with E-state index in [1.54, 1.807) is 0 Å². The largest absolute Gasteiger partial charge is 0.299 e. The molecule has 0 bridgehead atoms. The first-order valence-electron chi connectivity index (χ1n) is 5.34. The van der Waals surface area contributed by atoms with Gasteiger partial charge in [0.05, 0.1) is 5.54 Å². The van der Waals surface area contributed by atoms with Crippen LogP contribution in [-0.2, 0) is 0 Å². The Morgan fingerprint density at radius 3 is 2.69 bits per heavy atom. The summed E-state index contributed by atoms with van der Waals surface area (Å²) in [4.78, 5) is 0. The molecule has 1 aliphatic carbocycles. The zero-order valence-electron chi connectivity index (χ0n) is 9.06. The van der Waals surface area contributed by atoms with Crippen molar-refractivity contribution in [3.8, 4) is 12.3 Å². The Bertz CT molecular complexity index is 200. The van der Waals surface area contributed by atoms with E-state index in [4.69, 9.17) is 6.42 Å². The van der Waals surface area contributed by atoms with Gasteiger partial charge in [0.15, 0.2) is 0 Å². The first-order chi connectivity index (χ1) is 6.09. The van der Waals surface area contributed by atoms with Crippen LogP contribution in [0.4, 0.5) is 0 Å². The smallest absolute Gasteiger partial charge is 0.0743 e. The molecule has 0 aromatic carbocycles. The molecular weight excluding hydrogens is 158 g/mol. The Kier molecular flexibility index (Phi) is 3.39. The Labute approximate surface area is 82.3 Å². The van der Waals surface area contributed by atoms with Crippen molar-refractivity contribution in [2.45, 2.75) is 58.0 Å². The van der Waals surface area contributed by atoms with Gasteiger partial charge in [-0.1, -0.05) is 25.7 Å². The molecule has 0 spiro atoms. The predicted molar refractivity (Wildman–Crippen MR) is 57.5 cm³/mol. The van der Waals surface area contributed by atoms with Crippen LogP contribution in [0, 0.1) is 18.3 Å². The Hall–Kier alpha value is -0.480. The highest BCUT2D eigenvalue weighted by molar-refractivity contribution is 5.09. The van der Waals surface area contributed by atoms with Gasteiger partial charge < -0.3 is 0 Å². The molecule has 1 rings (SSSR count). The molecule has 0 radical (unpaired) electrons. The number of rotatable bonds is 3. The molecule has 2 atom stereocenters. The van der Waals surface area contributed by atoms with Gasteiger partial charge in [0.25, 0.3) is 0 Å². The van der Waals surface area contributed by atoms with Crippen LogP contribution in [0.2, 0.25) is 0 Å². The minimum Gasteiger partial charge on any atom is -0.299 e. The maximum Gasteiger partial charge on any atom is 0.0743 e. The summed E-state index contributed by atoms with van der Waals surface area (Å²) in [6.07, 6.45) is 10.8. The zero-order chi connectivity index (χ0) is 9.90. The van der Waals surface area contributed by atoms with Crippen molar-refractivity contribution in [2.24, 2.45) is 5.92 Å². The lowest BCUT2D eigenvalue weighted by Crippen LogP contribution is -2.46. The topological polar surface area (TPSA) is 12.0 Å². The van der Waals surface area contributed by atoms with E-state index < -0.39 is 0 Å². The first-order valence-corrected chi connectivity index (χ1v) is 5.34. The first kappa shape index (κ1) is 10.6. The standard InChI is InChI=1S/C12H21N/c1-5-10-8-7-9-11(10)13-12(3,4)6-2/h2,10-11,13H,5,7-9H2,1,3-4H3. The Balaban J connectivity index is 2.49. The minimum atomic E-state index is -0.136. The summed E-state index contributed by atoms with van der Waals surface area (Å²) in [5.74, 6) is 3.64. The van der Waals surface area contributed by atoms with E-state index >= 15 is 0 Å². The van der Waals surface area contributed by atoms with Crippen LogP contribution in [0.3, 0.4) is 0 Å². The van der Waals surface area contributed by atoms with Gasteiger partial charge in [0.2, 0.25) is 0 Å². The fourth-order valence-corrected chi connectivity index (χ4v) is 2.22. The van der Waals surface area contributed by atoms with E-state index in [2.05, 4.69) is 32.0 Å². The van der Waals surface area contributed by atoms with Crippen molar-refractivity contribution in [2.75, 3.05) is 0 Å². The normalized spacial score (nSPS) is 28.8. The van der Waals surface area contributed by atoms with Crippen LogP contribution in [0.25, 0.3) is 0 Å². The molecule has 1 heteroatoms. The van der Waals surface area contributed by atoms with Crippen molar-refractivity contribution in [3.63, 3.8) is 0 Å². The van der Waals surface area contributed by atoms with Gasteiger partial charge in [-0.3, -0.25) is 5.32 Å². The van der Waals surface area contributed by atoms with E-state index in [0.717, 1.165) is 5.92 Å². The molecule has 2 unspecified atom stereocenters. The van der Waals surface area contributed by atoms with Crippen LogP contribution >= 0.6 is 0 Å². The zero-order valence-corrected chi connectivity index (χ0v) is 9.06. The third kappa shape index (κ3) is 2.74. The van der Waals surface area contributed by atoms with Crippen LogP contribution in [0.1, 0.15) is 46.5 Å². The average molecular weight is 179 g/mol. The molecule has 1 saturated carbocycles. The lowest BCUT2D eigenvalue weighted by Gasteiger charge is -2.28. The van der Waals surface area contributed by atoms with Gasteiger partial charge in [0.1, 0.15) is 0 Å². The van der Waals surface area contributed by atoms with E-state index in [-0.39, 0.29) is 5.54 Å². The van der Waals surface area contributed by atoms with Crippen LogP contribution in [-0.4, -0.2) is 11.6 Å². The van der Waals surface area contributed by atoms with Crippen LogP contribution in [0.15, 0.2) is 0 Å². The molecular formula is C12H21N. The summed E-state index contributed by atoms with van der Waals surface area (Å²) in [7, 11) is 0. The van der Waals surface area contributed by atoms with Crippen LogP contribution < -0.4 is 5.32 Å². The summed E-state index contributed by atoms with van der Waals surface area (Å²) >= 11 is 0. The second-order valence-corrected chi connectivity index (χ2v) is 4.62. The third-order valence-electron chi connectivity index (χ3n) is 3.09. The Morgan fingerprint density at radius 1 is 1.46 bits per heavy atom. The molecule has 0 amide bonds. The molecule has 1 N–H and O–H groups in total. The summed E-state index contributed by atoms with van der Waals surface area (Å²) in [5, 5.41) is 3.57. The molecule has 0 heterocycles. The molecule has 13 heavy (non-hydrogen) atoms. The lowest BCUT2D eigenvalue weighted by atomic mass is 9.97. The molecule has 0 aromatic heterocycles. The highest BCUT2D eigenvalue weighted by Gasteiger charge is 2.29. The molecule has 1 fully saturated rings. The summed E-state index contributed by atoms with van der Waals surface area (Å²) in [6, 6.07) is 0.649. The molecule has 74 valence electrons. The maximum atomic E-state index is 5.46. The summed E-state index contributed by atoms with van der Waals surface area (Å²) < 4.78 is 0. The monoisotopic (exact) mass is 179 g/mol. The molecule has 0 saturated heterocycles. The highest BCUT2D eigenvalue weighted by atomic mass is 15.0. The maximum absolute atomic E-state index is 5.46. The van der Waals surface area contributed by atoms with Gasteiger partial charge in [-0.25, -0.2) is 0 Å². The second-order valence-electron chi connectivity index (χ2n) is 4.62. The molecule has 1 aliphatic rings. The van der Waals surface area contributed by atoms with Crippen LogP contribution in [0.5, 0.6) is 0 Å². The molecule has 0 aromatic rings. The van der Waals surface area contributed by atoms with E-state index in [9.17, 15) is 0 Å². The highest BCUT2D eigenvalue weighted by Crippen LogP contribution is 2.29. The van der Waals surface area contributed by atoms with Gasteiger partial charge in [-0.15, -0.1) is 6.42 Å². The SMILES string of the molecule is C#CC(C)(C)NC1CCCC1CC. The van der Waals surface area contributed by atoms with Crippen molar-refractivity contribution < 1.29 is 0 Å². The average Bonchev–Trinajstić information content (AvgIpc) is 2.51. The van der Waals surface area contributed by atoms with E-state index in [1.165, 1.54) is 25.7 Å². The van der Waals surface area contributed by atoms with Crippen molar-refractivity contribution in [1.82, 2.24) is 5.32 Å². The Morgan fingerprint density at radius 2 is 2.15 bits per heavy atom. The second kappa shape index (κ2) is 4.15. The van der Waals surface area contributed by atoms with Gasteiger partial charge >= 0.3 is 0 Å². The number of hydrogen-bond acceptors (Lipinski definition) is 1. The van der Waals surface area contributed by atoms with E-state index in [1.807, 2.05) is 0 Å².